The molecule has 43 heavy (non-hydrogen) atoms. The Morgan fingerprint density at radius 2 is 1.79 bits per heavy atom. The van der Waals surface area contributed by atoms with E-state index in [9.17, 15) is 14.9 Å². The highest BCUT2D eigenvalue weighted by molar-refractivity contribution is 7.07. The van der Waals surface area contributed by atoms with Gasteiger partial charge in [-0.2, -0.15) is 5.26 Å². The first-order chi connectivity index (χ1) is 20.9. The third-order valence-corrected chi connectivity index (χ3v) is 8.52. The summed E-state index contributed by atoms with van der Waals surface area (Å²) >= 11 is 1.29. The van der Waals surface area contributed by atoms with Gasteiger partial charge in [0.25, 0.3) is 5.56 Å². The molecule has 0 bridgehead atoms. The molecule has 0 unspecified atom stereocenters. The second-order valence-corrected chi connectivity index (χ2v) is 11.2. The molecule has 0 fully saturated rings. The number of hydrogen-bond acceptors (Lipinski definition) is 7. The first kappa shape index (κ1) is 27.9. The Balaban J connectivity index is 1.42. The van der Waals surface area contributed by atoms with E-state index in [0.29, 0.717) is 37.7 Å². The van der Waals surface area contributed by atoms with Crippen molar-refractivity contribution in [3.63, 3.8) is 0 Å². The second kappa shape index (κ2) is 11.6. The zero-order valence-corrected chi connectivity index (χ0v) is 24.6. The van der Waals surface area contributed by atoms with Crippen LogP contribution in [0.2, 0.25) is 0 Å². The van der Waals surface area contributed by atoms with Crippen LogP contribution in [-0.2, 0) is 11.4 Å². The molecule has 1 aliphatic rings. The maximum Gasteiger partial charge on any atom is 0.271 e. The molecule has 8 heteroatoms. The summed E-state index contributed by atoms with van der Waals surface area (Å²) in [5, 5.41) is 11.2. The highest BCUT2D eigenvalue weighted by atomic mass is 32.1. The number of Topliss-reactive ketones (excluding diaryl/α,β-unsaturated/α-hetero) is 1. The van der Waals surface area contributed by atoms with Gasteiger partial charge in [0.2, 0.25) is 0 Å². The monoisotopic (exact) mass is 585 g/mol. The molecule has 2 heterocycles. The molecule has 7 nitrogen and oxygen atoms in total. The molecule has 4 aromatic carbocycles. The van der Waals surface area contributed by atoms with Crippen LogP contribution in [0.4, 0.5) is 0 Å². The van der Waals surface area contributed by atoms with Crippen LogP contribution in [0.5, 0.6) is 11.5 Å². The van der Waals surface area contributed by atoms with Crippen LogP contribution in [0.15, 0.2) is 106 Å². The number of aromatic nitrogens is 1. The number of fused-ring (bicyclic) bond motifs is 2. The molecule has 0 N–H and O–H groups in total. The Morgan fingerprint density at radius 3 is 2.53 bits per heavy atom. The standard InChI is InChI=1S/C35H27N3O4S/c1-21-31(22(2)39)33(32-28-11-7-6-8-24(28)14-17-29(32)41-3)38-34(40)30(43-35(38)37-21)18-23-12-15-27(16-13-23)42-20-26-10-5-4-9-25(26)19-36/h4-18,33H,20H2,1-3H3/t33-/m0/s1. The molecule has 0 amide bonds. The van der Waals surface area contributed by atoms with Crippen LogP contribution >= 0.6 is 11.3 Å². The predicted molar refractivity (Wildman–Crippen MR) is 167 cm³/mol. The lowest BCUT2D eigenvalue weighted by Gasteiger charge is -2.27. The fourth-order valence-electron chi connectivity index (χ4n) is 5.51. The number of nitrogens with zero attached hydrogens (tertiary/aromatic N) is 3. The molecule has 0 saturated carbocycles. The third kappa shape index (κ3) is 5.16. The number of nitriles is 1. The fourth-order valence-corrected chi connectivity index (χ4v) is 6.55. The summed E-state index contributed by atoms with van der Waals surface area (Å²) in [6, 6.07) is 28.0. The minimum absolute atomic E-state index is 0.150. The lowest BCUT2D eigenvalue weighted by Crippen LogP contribution is -2.39. The van der Waals surface area contributed by atoms with Crippen molar-refractivity contribution < 1.29 is 14.3 Å². The molecule has 212 valence electrons. The Hall–Kier alpha value is -5.26. The normalized spacial score (nSPS) is 14.7. The molecule has 1 atom stereocenters. The predicted octanol–water partition coefficient (Wildman–Crippen LogP) is 5.44. The number of ketones is 1. The van der Waals surface area contributed by atoms with E-state index in [1.807, 2.05) is 91.9 Å². The van der Waals surface area contributed by atoms with Crippen molar-refractivity contribution in [2.24, 2.45) is 4.99 Å². The average Bonchev–Trinajstić information content (AvgIpc) is 3.33. The number of thiazole rings is 1. The molecule has 1 aliphatic heterocycles. The van der Waals surface area contributed by atoms with Gasteiger partial charge in [-0.05, 0) is 60.5 Å². The second-order valence-electron chi connectivity index (χ2n) is 10.2. The van der Waals surface area contributed by atoms with Gasteiger partial charge in [0, 0.05) is 22.4 Å². The summed E-state index contributed by atoms with van der Waals surface area (Å²) in [5.74, 6) is 1.10. The van der Waals surface area contributed by atoms with E-state index in [4.69, 9.17) is 14.5 Å². The number of ether oxygens (including phenoxy) is 2. The van der Waals surface area contributed by atoms with Gasteiger partial charge in [0.15, 0.2) is 10.6 Å². The number of rotatable bonds is 7. The van der Waals surface area contributed by atoms with E-state index in [2.05, 4.69) is 6.07 Å². The summed E-state index contributed by atoms with van der Waals surface area (Å²) in [4.78, 5) is 32.3. The molecule has 5 aromatic rings. The lowest BCUT2D eigenvalue weighted by atomic mass is 9.89. The Kier molecular flexibility index (Phi) is 7.49. The maximum absolute atomic E-state index is 14.1. The van der Waals surface area contributed by atoms with E-state index in [1.54, 1.807) is 17.7 Å². The minimum Gasteiger partial charge on any atom is -0.496 e. The average molecular weight is 586 g/mol. The van der Waals surface area contributed by atoms with Gasteiger partial charge in [-0.15, -0.1) is 0 Å². The van der Waals surface area contributed by atoms with Crippen molar-refractivity contribution in [3.05, 3.63) is 138 Å². The van der Waals surface area contributed by atoms with Crippen molar-refractivity contribution in [2.45, 2.75) is 26.5 Å². The smallest absolute Gasteiger partial charge is 0.271 e. The first-order valence-electron chi connectivity index (χ1n) is 13.7. The highest BCUT2D eigenvalue weighted by Gasteiger charge is 2.33. The molecule has 0 radical (unpaired) electrons. The summed E-state index contributed by atoms with van der Waals surface area (Å²) in [6.07, 6.45) is 1.82. The highest BCUT2D eigenvalue weighted by Crippen LogP contribution is 2.40. The van der Waals surface area contributed by atoms with Crippen molar-refractivity contribution >= 4 is 34.0 Å². The zero-order valence-electron chi connectivity index (χ0n) is 23.8. The Labute approximate surface area is 251 Å². The van der Waals surface area contributed by atoms with Gasteiger partial charge in [-0.25, -0.2) is 4.99 Å². The van der Waals surface area contributed by atoms with E-state index in [1.165, 1.54) is 18.3 Å². The van der Waals surface area contributed by atoms with E-state index < -0.39 is 6.04 Å². The number of carbonyl (C=O) groups excluding carboxylic acids is 1. The largest absolute Gasteiger partial charge is 0.496 e. The quantitative estimate of drug-likeness (QED) is 0.254. The van der Waals surface area contributed by atoms with Crippen LogP contribution in [-0.4, -0.2) is 17.5 Å². The third-order valence-electron chi connectivity index (χ3n) is 7.54. The molecule has 0 saturated heterocycles. The molecule has 0 aliphatic carbocycles. The van der Waals surface area contributed by atoms with Gasteiger partial charge in [0.05, 0.1) is 29.3 Å². The zero-order chi connectivity index (χ0) is 30.1. The summed E-state index contributed by atoms with van der Waals surface area (Å²) in [5.41, 5.74) is 3.78. The molecule has 0 spiro atoms. The van der Waals surface area contributed by atoms with Crippen LogP contribution < -0.4 is 24.4 Å². The summed E-state index contributed by atoms with van der Waals surface area (Å²) in [6.45, 7) is 3.60. The van der Waals surface area contributed by atoms with Crippen molar-refractivity contribution in [3.8, 4) is 17.6 Å². The number of allylic oxidation sites excluding steroid dienone is 2. The molecule has 1 aromatic heterocycles. The molecule has 6 rings (SSSR count). The molecular weight excluding hydrogens is 558 g/mol. The van der Waals surface area contributed by atoms with Gasteiger partial charge >= 0.3 is 0 Å². The van der Waals surface area contributed by atoms with Crippen molar-refractivity contribution in [1.29, 1.82) is 5.26 Å². The van der Waals surface area contributed by atoms with Gasteiger partial charge < -0.3 is 9.47 Å². The van der Waals surface area contributed by atoms with Crippen LogP contribution in [0.25, 0.3) is 16.8 Å². The lowest BCUT2D eigenvalue weighted by molar-refractivity contribution is -0.114. The fraction of sp³-hybridized carbons (Fsp3) is 0.143. The Bertz CT molecular complexity index is 2150. The van der Waals surface area contributed by atoms with E-state index in [0.717, 1.165) is 27.5 Å². The SMILES string of the molecule is COc1ccc2ccccc2c1[C@@H]1C(C(C)=O)=C(C)N=c2sc(=Cc3ccc(OCc4ccccc4C#N)cc3)c(=O)n21. The van der Waals surface area contributed by atoms with Crippen molar-refractivity contribution in [2.75, 3.05) is 7.11 Å². The van der Waals surface area contributed by atoms with Gasteiger partial charge in [-0.1, -0.05) is 72.0 Å². The van der Waals surface area contributed by atoms with Gasteiger partial charge in [-0.3, -0.25) is 14.2 Å². The number of carbonyl (C=O) groups is 1. The van der Waals surface area contributed by atoms with E-state index in [-0.39, 0.29) is 17.9 Å². The van der Waals surface area contributed by atoms with Crippen LogP contribution in [0, 0.1) is 11.3 Å². The summed E-state index contributed by atoms with van der Waals surface area (Å²) in [7, 11) is 1.59. The number of benzene rings is 4. The Morgan fingerprint density at radius 1 is 1.05 bits per heavy atom. The molecular formula is C35H27N3O4S. The van der Waals surface area contributed by atoms with Gasteiger partial charge in [0.1, 0.15) is 18.1 Å². The first-order valence-corrected chi connectivity index (χ1v) is 14.5. The number of hydrogen-bond donors (Lipinski definition) is 0. The number of methoxy groups -OCH3 is 1. The van der Waals surface area contributed by atoms with Crippen LogP contribution in [0.3, 0.4) is 0 Å². The minimum atomic E-state index is -0.691. The summed E-state index contributed by atoms with van der Waals surface area (Å²) < 4.78 is 13.8. The van der Waals surface area contributed by atoms with Crippen LogP contribution in [0.1, 0.15) is 42.1 Å². The maximum atomic E-state index is 14.1. The topological polar surface area (TPSA) is 93.7 Å². The van der Waals surface area contributed by atoms with Crippen molar-refractivity contribution in [1.82, 2.24) is 4.57 Å². The van der Waals surface area contributed by atoms with E-state index >= 15 is 0 Å².